The molecule has 0 radical (unpaired) electrons. The van der Waals surface area contributed by atoms with Gasteiger partial charge in [0.2, 0.25) is 5.78 Å². The van der Waals surface area contributed by atoms with Crippen LogP contribution >= 0.6 is 0 Å². The van der Waals surface area contributed by atoms with Gasteiger partial charge >= 0.3 is 5.97 Å². The molecule has 3 aromatic rings. The van der Waals surface area contributed by atoms with Gasteiger partial charge in [-0.25, -0.2) is 9.37 Å². The fourth-order valence-corrected chi connectivity index (χ4v) is 2.38. The maximum absolute atomic E-state index is 13.1. The first-order chi connectivity index (χ1) is 11.8. The van der Waals surface area contributed by atoms with Gasteiger partial charge in [-0.2, -0.15) is 0 Å². The fourth-order valence-electron chi connectivity index (χ4n) is 2.38. The van der Waals surface area contributed by atoms with Crippen molar-refractivity contribution in [2.45, 2.75) is 13.0 Å². The monoisotopic (exact) mass is 345 g/mol. The van der Waals surface area contributed by atoms with Crippen LogP contribution in [0.3, 0.4) is 0 Å². The number of halogens is 1. The summed E-state index contributed by atoms with van der Waals surface area (Å²) in [4.78, 5) is 27.0. The van der Waals surface area contributed by atoms with Gasteiger partial charge in [0.15, 0.2) is 23.1 Å². The number of pyridine rings is 1. The lowest BCUT2D eigenvalue weighted by molar-refractivity contribution is -0.137. The number of rotatable bonds is 4. The number of benzene rings is 1. The van der Waals surface area contributed by atoms with Gasteiger partial charge in [0.25, 0.3) is 0 Å². The molecule has 0 amide bonds. The molecule has 128 valence electrons. The topological polar surface area (TPSA) is 140 Å². The minimum atomic E-state index is -1.87. The molecule has 0 bridgehead atoms. The van der Waals surface area contributed by atoms with Gasteiger partial charge in [0.05, 0.1) is 11.1 Å². The molecular weight excluding hydrogens is 333 g/mol. The Morgan fingerprint density at radius 2 is 1.92 bits per heavy atom. The molecule has 0 saturated heterocycles. The van der Waals surface area contributed by atoms with Crippen LogP contribution in [-0.2, 0) is 4.79 Å². The smallest absolute Gasteiger partial charge is 0.328 e. The van der Waals surface area contributed by atoms with E-state index in [2.05, 4.69) is 10.1 Å². The molecule has 2 aromatic heterocycles. The fraction of sp³-hybridized carbons (Fsp3) is 0.125. The molecule has 0 fully saturated rings. The molecule has 0 aliphatic heterocycles. The van der Waals surface area contributed by atoms with E-state index in [-0.39, 0.29) is 22.4 Å². The molecule has 0 aliphatic carbocycles. The first kappa shape index (κ1) is 16.5. The number of aromatic hydroxyl groups is 1. The van der Waals surface area contributed by atoms with Crippen molar-refractivity contribution < 1.29 is 28.7 Å². The summed E-state index contributed by atoms with van der Waals surface area (Å²) in [7, 11) is 0. The summed E-state index contributed by atoms with van der Waals surface area (Å²) < 4.78 is 18.3. The largest absolute Gasteiger partial charge is 0.505 e. The molecule has 3 rings (SSSR count). The first-order valence-corrected chi connectivity index (χ1v) is 7.08. The lowest BCUT2D eigenvalue weighted by atomic mass is 10.0. The van der Waals surface area contributed by atoms with Crippen LogP contribution in [0.2, 0.25) is 0 Å². The maximum Gasteiger partial charge on any atom is 0.328 e. The third kappa shape index (κ3) is 2.70. The van der Waals surface area contributed by atoms with Crippen LogP contribution in [0.15, 0.2) is 28.8 Å². The van der Waals surface area contributed by atoms with Crippen molar-refractivity contribution >= 4 is 22.7 Å². The van der Waals surface area contributed by atoms with E-state index in [4.69, 9.17) is 15.4 Å². The Bertz CT molecular complexity index is 997. The van der Waals surface area contributed by atoms with Crippen LogP contribution in [0.1, 0.15) is 16.2 Å². The highest BCUT2D eigenvalue weighted by Gasteiger charge is 2.30. The van der Waals surface area contributed by atoms with Gasteiger partial charge in [-0.15, -0.1) is 0 Å². The van der Waals surface area contributed by atoms with Crippen molar-refractivity contribution in [3.05, 3.63) is 41.5 Å². The molecule has 0 aliphatic rings. The highest BCUT2D eigenvalue weighted by Crippen LogP contribution is 2.37. The Morgan fingerprint density at radius 3 is 2.52 bits per heavy atom. The highest BCUT2D eigenvalue weighted by molar-refractivity contribution is 6.14. The molecule has 1 atom stereocenters. The van der Waals surface area contributed by atoms with E-state index in [0.29, 0.717) is 5.56 Å². The van der Waals surface area contributed by atoms with Gasteiger partial charge in [0, 0.05) is 5.56 Å². The number of carboxylic acids is 1. The zero-order valence-electron chi connectivity index (χ0n) is 12.9. The van der Waals surface area contributed by atoms with Gasteiger partial charge < -0.3 is 20.5 Å². The van der Waals surface area contributed by atoms with Crippen molar-refractivity contribution in [3.8, 4) is 17.0 Å². The number of aromatic nitrogens is 2. The van der Waals surface area contributed by atoms with Gasteiger partial charge in [-0.1, -0.05) is 5.16 Å². The van der Waals surface area contributed by atoms with Crippen LogP contribution in [0.25, 0.3) is 22.2 Å². The third-order valence-electron chi connectivity index (χ3n) is 3.66. The zero-order valence-corrected chi connectivity index (χ0v) is 12.9. The average molecular weight is 345 g/mol. The SMILES string of the molecule is Cc1nc(C(=O)C(N)C(=O)O)c(O)c2c(-c3ccc(F)cc3)noc12. The number of fused-ring (bicyclic) bond motifs is 1. The average Bonchev–Trinajstić information content (AvgIpc) is 3.03. The van der Waals surface area contributed by atoms with E-state index in [9.17, 15) is 19.1 Å². The summed E-state index contributed by atoms with van der Waals surface area (Å²) in [6, 6.07) is 3.38. The van der Waals surface area contributed by atoms with Crippen LogP contribution in [-0.4, -0.2) is 38.1 Å². The van der Waals surface area contributed by atoms with Crippen LogP contribution in [0, 0.1) is 12.7 Å². The predicted molar refractivity (Wildman–Crippen MR) is 83.5 cm³/mol. The molecule has 8 nitrogen and oxygen atoms in total. The number of hydrogen-bond acceptors (Lipinski definition) is 7. The molecule has 2 heterocycles. The van der Waals surface area contributed by atoms with E-state index < -0.39 is 35.1 Å². The Labute approximate surface area is 139 Å². The van der Waals surface area contributed by atoms with E-state index in [1.807, 2.05) is 0 Å². The lowest BCUT2D eigenvalue weighted by Gasteiger charge is -2.09. The summed E-state index contributed by atoms with van der Waals surface area (Å²) in [5, 5.41) is 23.2. The predicted octanol–water partition coefficient (Wildman–Crippen LogP) is 1.64. The van der Waals surface area contributed by atoms with Crippen molar-refractivity contribution in [2.75, 3.05) is 0 Å². The summed E-state index contributed by atoms with van der Waals surface area (Å²) in [6.45, 7) is 1.50. The quantitative estimate of drug-likeness (QED) is 0.479. The van der Waals surface area contributed by atoms with Gasteiger partial charge in [0.1, 0.15) is 11.5 Å². The number of nitrogens with two attached hydrogens (primary N) is 1. The summed E-state index contributed by atoms with van der Waals surface area (Å²) >= 11 is 0. The standard InChI is InChI=1S/C16H12FN3O5/c1-6-15-9(11(20-25-15)7-2-4-8(17)5-3-7)13(21)12(19-6)14(22)10(18)16(23)24/h2-5,10,21H,18H2,1H3,(H,23,24). The number of Topliss-reactive ketones (excluding diaryl/α,β-unsaturated/α-hetero) is 1. The Morgan fingerprint density at radius 1 is 1.28 bits per heavy atom. The number of nitrogens with zero attached hydrogens (tertiary/aromatic N) is 2. The van der Waals surface area contributed by atoms with Crippen molar-refractivity contribution in [2.24, 2.45) is 5.73 Å². The van der Waals surface area contributed by atoms with Crippen LogP contribution < -0.4 is 5.73 Å². The van der Waals surface area contributed by atoms with E-state index in [0.717, 1.165) is 0 Å². The molecule has 4 N–H and O–H groups in total. The number of aliphatic carboxylic acids is 1. The molecule has 1 aromatic carbocycles. The van der Waals surface area contributed by atoms with Crippen LogP contribution in [0.4, 0.5) is 4.39 Å². The highest BCUT2D eigenvalue weighted by atomic mass is 19.1. The molecule has 1 unspecified atom stereocenters. The normalized spacial score (nSPS) is 12.3. The first-order valence-electron chi connectivity index (χ1n) is 7.08. The molecular formula is C16H12FN3O5. The number of hydrogen-bond donors (Lipinski definition) is 3. The van der Waals surface area contributed by atoms with E-state index in [1.54, 1.807) is 0 Å². The summed E-state index contributed by atoms with van der Waals surface area (Å²) in [6.07, 6.45) is 0. The number of carbonyl (C=O) groups excluding carboxylic acids is 1. The second-order valence-corrected chi connectivity index (χ2v) is 5.32. The minimum absolute atomic E-state index is 0.0695. The number of carbonyl (C=O) groups is 2. The number of carboxylic acid groups (broad SMARTS) is 1. The van der Waals surface area contributed by atoms with Crippen molar-refractivity contribution in [3.63, 3.8) is 0 Å². The molecule has 0 spiro atoms. The van der Waals surface area contributed by atoms with Gasteiger partial charge in [-0.3, -0.25) is 9.59 Å². The molecule has 0 saturated carbocycles. The van der Waals surface area contributed by atoms with Crippen molar-refractivity contribution in [1.29, 1.82) is 0 Å². The number of aryl methyl sites for hydroxylation is 1. The number of ketones is 1. The summed E-state index contributed by atoms with van der Waals surface area (Å²) in [5.74, 6) is -3.65. The van der Waals surface area contributed by atoms with Gasteiger partial charge in [-0.05, 0) is 31.2 Å². The lowest BCUT2D eigenvalue weighted by Crippen LogP contribution is -2.39. The minimum Gasteiger partial charge on any atom is -0.505 e. The van der Waals surface area contributed by atoms with Crippen molar-refractivity contribution in [1.82, 2.24) is 10.1 Å². The van der Waals surface area contributed by atoms with E-state index >= 15 is 0 Å². The Kier molecular flexibility index (Phi) is 3.93. The molecule has 25 heavy (non-hydrogen) atoms. The van der Waals surface area contributed by atoms with E-state index in [1.165, 1.54) is 31.2 Å². The second-order valence-electron chi connectivity index (χ2n) is 5.32. The Balaban J connectivity index is 2.25. The third-order valence-corrected chi connectivity index (χ3v) is 3.66. The molecule has 9 heteroatoms. The Hall–Kier alpha value is -3.33. The second kappa shape index (κ2) is 5.95. The maximum atomic E-state index is 13.1. The van der Waals surface area contributed by atoms with Crippen LogP contribution in [0.5, 0.6) is 5.75 Å². The summed E-state index contributed by atoms with van der Waals surface area (Å²) in [5.41, 5.74) is 5.76. The zero-order chi connectivity index (χ0) is 18.3.